The van der Waals surface area contributed by atoms with Gasteiger partial charge in [0.25, 0.3) is 0 Å². The first kappa shape index (κ1) is 28.7. The van der Waals surface area contributed by atoms with Crippen LogP contribution in [0, 0.1) is 5.92 Å². The second-order valence-corrected chi connectivity index (χ2v) is 10.1. The molecular formula is C26H28Cl3N7O3. The number of H-pyrrole nitrogens is 1. The summed E-state index contributed by atoms with van der Waals surface area (Å²) in [5.41, 5.74) is 2.63. The number of amides is 1. The zero-order chi connectivity index (χ0) is 27.9. The van der Waals surface area contributed by atoms with Crippen molar-refractivity contribution in [1.29, 1.82) is 0 Å². The van der Waals surface area contributed by atoms with Crippen molar-refractivity contribution >= 4 is 40.7 Å². The molecule has 0 bridgehead atoms. The van der Waals surface area contributed by atoms with E-state index in [0.29, 0.717) is 54.0 Å². The average molecular weight is 593 g/mol. The molecule has 1 amide bonds. The fourth-order valence-corrected chi connectivity index (χ4v) is 4.98. The van der Waals surface area contributed by atoms with Crippen LogP contribution in [-0.4, -0.2) is 50.3 Å². The number of tetrazole rings is 1. The van der Waals surface area contributed by atoms with Crippen LogP contribution in [0.5, 0.6) is 11.5 Å². The molecule has 4 aromatic rings. The van der Waals surface area contributed by atoms with Crippen LogP contribution < -0.4 is 14.8 Å². The summed E-state index contributed by atoms with van der Waals surface area (Å²) in [4.78, 5) is 17.0. The van der Waals surface area contributed by atoms with Crippen molar-refractivity contribution in [2.45, 2.75) is 39.3 Å². The van der Waals surface area contributed by atoms with E-state index in [-0.39, 0.29) is 28.7 Å². The summed E-state index contributed by atoms with van der Waals surface area (Å²) in [6, 6.07) is 11.4. The number of aromatic amines is 1. The zero-order valence-electron chi connectivity index (χ0n) is 21.7. The molecule has 0 aliphatic rings. The zero-order valence-corrected chi connectivity index (χ0v) is 23.9. The van der Waals surface area contributed by atoms with Crippen LogP contribution in [0.1, 0.15) is 36.7 Å². The molecule has 39 heavy (non-hydrogen) atoms. The van der Waals surface area contributed by atoms with Crippen molar-refractivity contribution in [3.63, 3.8) is 0 Å². The van der Waals surface area contributed by atoms with E-state index in [1.807, 2.05) is 36.4 Å². The number of halogens is 3. The summed E-state index contributed by atoms with van der Waals surface area (Å²) in [7, 11) is 3.12. The molecule has 4 rings (SSSR count). The Morgan fingerprint density at radius 2 is 1.90 bits per heavy atom. The maximum Gasteiger partial charge on any atom is 0.220 e. The first-order valence-corrected chi connectivity index (χ1v) is 13.3. The molecule has 0 fully saturated rings. The fraction of sp³-hybridized carbons (Fsp3) is 0.346. The van der Waals surface area contributed by atoms with Crippen molar-refractivity contribution in [2.24, 2.45) is 5.92 Å². The SMILES string of the molecule is COc1ccc(CC(C)CCC(=O)NCc2nc(Cl)c(Cl)n2Cc2ccccc2-c2nn[nH]n2)c(Cl)c1OC. The Morgan fingerprint density at radius 3 is 2.62 bits per heavy atom. The topological polar surface area (TPSA) is 120 Å². The second kappa shape index (κ2) is 13.1. The minimum Gasteiger partial charge on any atom is -0.493 e. The third-order valence-corrected chi connectivity index (χ3v) is 7.48. The summed E-state index contributed by atoms with van der Waals surface area (Å²) in [5.74, 6) is 2.19. The van der Waals surface area contributed by atoms with E-state index >= 15 is 0 Å². The largest absolute Gasteiger partial charge is 0.493 e. The third kappa shape index (κ3) is 6.81. The molecule has 1 unspecified atom stereocenters. The quantitative estimate of drug-likeness (QED) is 0.227. The number of benzene rings is 2. The maximum absolute atomic E-state index is 12.7. The molecule has 1 atom stereocenters. The number of hydrogen-bond acceptors (Lipinski definition) is 7. The molecule has 0 saturated carbocycles. The van der Waals surface area contributed by atoms with Crippen LogP contribution >= 0.6 is 34.8 Å². The average Bonchev–Trinajstić information content (AvgIpc) is 3.56. The Hall–Kier alpha value is -3.34. The van der Waals surface area contributed by atoms with Gasteiger partial charge in [0, 0.05) is 12.0 Å². The Kier molecular flexibility index (Phi) is 9.66. The summed E-state index contributed by atoms with van der Waals surface area (Å²) >= 11 is 19.2. The summed E-state index contributed by atoms with van der Waals surface area (Å²) in [6.45, 7) is 2.61. The van der Waals surface area contributed by atoms with E-state index in [9.17, 15) is 4.79 Å². The molecule has 206 valence electrons. The van der Waals surface area contributed by atoms with E-state index in [1.165, 1.54) is 0 Å². The van der Waals surface area contributed by atoms with Gasteiger partial charge in [0.05, 0.1) is 32.3 Å². The number of carbonyl (C=O) groups excluding carboxylic acids is 1. The summed E-state index contributed by atoms with van der Waals surface area (Å²) in [5, 5.41) is 18.1. The van der Waals surface area contributed by atoms with Gasteiger partial charge >= 0.3 is 0 Å². The van der Waals surface area contributed by atoms with Gasteiger partial charge in [0.1, 0.15) is 11.0 Å². The minimum absolute atomic E-state index is 0.103. The lowest BCUT2D eigenvalue weighted by Gasteiger charge is -2.16. The van der Waals surface area contributed by atoms with Gasteiger partial charge in [0.15, 0.2) is 16.7 Å². The number of ether oxygens (including phenoxy) is 2. The molecule has 0 aliphatic carbocycles. The lowest BCUT2D eigenvalue weighted by atomic mass is 9.96. The van der Waals surface area contributed by atoms with Gasteiger partial charge in [-0.1, -0.05) is 72.1 Å². The van der Waals surface area contributed by atoms with Crippen LogP contribution in [-0.2, 0) is 24.3 Å². The fourth-order valence-electron chi connectivity index (χ4n) is 4.27. The van der Waals surface area contributed by atoms with Crippen LogP contribution in [0.15, 0.2) is 36.4 Å². The maximum atomic E-state index is 12.7. The molecule has 13 heteroatoms. The highest BCUT2D eigenvalue weighted by atomic mass is 35.5. The van der Waals surface area contributed by atoms with Crippen LogP contribution in [0.3, 0.4) is 0 Å². The number of nitrogens with zero attached hydrogens (tertiary/aromatic N) is 5. The van der Waals surface area contributed by atoms with E-state index in [4.69, 9.17) is 44.3 Å². The minimum atomic E-state index is -0.103. The molecule has 2 N–H and O–H groups in total. The number of nitrogens with one attached hydrogen (secondary N) is 2. The number of aromatic nitrogens is 6. The number of hydrogen-bond donors (Lipinski definition) is 2. The number of imidazole rings is 1. The molecule has 2 aromatic heterocycles. The number of methoxy groups -OCH3 is 2. The Bertz CT molecular complexity index is 1430. The molecule has 0 saturated heterocycles. The molecular weight excluding hydrogens is 565 g/mol. The van der Waals surface area contributed by atoms with Gasteiger partial charge < -0.3 is 19.4 Å². The second-order valence-electron chi connectivity index (χ2n) is 8.99. The predicted molar refractivity (Wildman–Crippen MR) is 149 cm³/mol. The predicted octanol–water partition coefficient (Wildman–Crippen LogP) is 5.36. The molecule has 2 heterocycles. The van der Waals surface area contributed by atoms with E-state index in [0.717, 1.165) is 16.7 Å². The monoisotopic (exact) mass is 591 g/mol. The Labute approximate surface area is 241 Å². The first-order valence-electron chi connectivity index (χ1n) is 12.2. The van der Waals surface area contributed by atoms with Gasteiger partial charge in [-0.05, 0) is 41.2 Å². The van der Waals surface area contributed by atoms with Gasteiger partial charge in [-0.3, -0.25) is 4.79 Å². The van der Waals surface area contributed by atoms with E-state index < -0.39 is 0 Å². The molecule has 0 spiro atoms. The molecule has 10 nitrogen and oxygen atoms in total. The smallest absolute Gasteiger partial charge is 0.220 e. The highest BCUT2D eigenvalue weighted by molar-refractivity contribution is 6.40. The van der Waals surface area contributed by atoms with Gasteiger partial charge in [0.2, 0.25) is 11.7 Å². The highest BCUT2D eigenvalue weighted by Gasteiger charge is 2.19. The van der Waals surface area contributed by atoms with Crippen LogP contribution in [0.4, 0.5) is 0 Å². The van der Waals surface area contributed by atoms with Crippen molar-refractivity contribution in [1.82, 2.24) is 35.5 Å². The van der Waals surface area contributed by atoms with Crippen molar-refractivity contribution < 1.29 is 14.3 Å². The normalized spacial score (nSPS) is 11.8. The molecule has 2 aromatic carbocycles. The number of rotatable bonds is 12. The Morgan fingerprint density at radius 1 is 1.10 bits per heavy atom. The van der Waals surface area contributed by atoms with Gasteiger partial charge in [-0.15, -0.1) is 10.2 Å². The summed E-state index contributed by atoms with van der Waals surface area (Å²) < 4.78 is 12.4. The van der Waals surface area contributed by atoms with Crippen molar-refractivity contribution in [3.8, 4) is 22.9 Å². The first-order chi connectivity index (χ1) is 18.8. The van der Waals surface area contributed by atoms with Crippen LogP contribution in [0.2, 0.25) is 15.3 Å². The summed E-state index contributed by atoms with van der Waals surface area (Å²) in [6.07, 6.45) is 1.71. The number of carbonyl (C=O) groups is 1. The molecule has 0 radical (unpaired) electrons. The standard InChI is InChI=1S/C26H28Cl3N7O3/c1-15(12-16-9-10-19(38-2)23(39-3)22(16)27)8-11-21(37)30-13-20-31-24(28)25(29)36(20)14-17-6-4-5-7-18(17)26-32-34-35-33-26/h4-7,9-10,15H,8,11-14H2,1-3H3,(H,30,37)(H,32,33,34,35). The lowest BCUT2D eigenvalue weighted by Crippen LogP contribution is -2.25. The van der Waals surface area contributed by atoms with Crippen molar-refractivity contribution in [3.05, 3.63) is 68.7 Å². The third-order valence-electron chi connectivity index (χ3n) is 6.32. The van der Waals surface area contributed by atoms with Crippen LogP contribution in [0.25, 0.3) is 11.4 Å². The highest BCUT2D eigenvalue weighted by Crippen LogP contribution is 2.38. The van der Waals surface area contributed by atoms with Crippen molar-refractivity contribution in [2.75, 3.05) is 14.2 Å². The van der Waals surface area contributed by atoms with Gasteiger partial charge in [-0.2, -0.15) is 5.21 Å². The molecule has 0 aliphatic heterocycles. The lowest BCUT2D eigenvalue weighted by molar-refractivity contribution is -0.121. The Balaban J connectivity index is 1.36. The van der Waals surface area contributed by atoms with Gasteiger partial charge in [-0.25, -0.2) is 4.98 Å². The van der Waals surface area contributed by atoms with E-state index in [2.05, 4.69) is 37.8 Å². The van der Waals surface area contributed by atoms with E-state index in [1.54, 1.807) is 18.8 Å².